The van der Waals surface area contributed by atoms with Crippen molar-refractivity contribution < 1.29 is 38.2 Å². The first-order chi connectivity index (χ1) is 29.0. The summed E-state index contributed by atoms with van der Waals surface area (Å²) in [5, 5.41) is 5.12. The number of esters is 1. The van der Waals surface area contributed by atoms with Gasteiger partial charge in [-0.1, -0.05) is 85.0 Å². The number of imidazole rings is 2. The van der Waals surface area contributed by atoms with Crippen LogP contribution < -0.4 is 10.6 Å². The van der Waals surface area contributed by atoms with E-state index in [-0.39, 0.29) is 30.0 Å². The van der Waals surface area contributed by atoms with Gasteiger partial charge >= 0.3 is 18.2 Å². The average Bonchev–Trinajstić information content (AvgIpc) is 4.12. The van der Waals surface area contributed by atoms with Crippen molar-refractivity contribution in [3.8, 4) is 0 Å². The molecule has 4 amide bonds. The lowest BCUT2D eigenvalue weighted by Gasteiger charge is -2.31. The van der Waals surface area contributed by atoms with Crippen LogP contribution in [0.25, 0.3) is 0 Å². The number of amides is 4. The van der Waals surface area contributed by atoms with Crippen molar-refractivity contribution in [3.05, 3.63) is 131 Å². The summed E-state index contributed by atoms with van der Waals surface area (Å²) in [5.74, 6) is -0.419. The van der Waals surface area contributed by atoms with Gasteiger partial charge in [-0.15, -0.1) is 0 Å². The van der Waals surface area contributed by atoms with E-state index in [9.17, 15) is 24.0 Å². The van der Waals surface area contributed by atoms with Crippen molar-refractivity contribution in [3.63, 3.8) is 0 Å². The number of rotatable bonds is 12. The summed E-state index contributed by atoms with van der Waals surface area (Å²) in [6, 6.07) is 16.7. The van der Waals surface area contributed by atoms with Crippen LogP contribution in [-0.2, 0) is 35.8 Å². The molecule has 2 aromatic carbocycles. The van der Waals surface area contributed by atoms with Gasteiger partial charge in [-0.05, 0) is 50.7 Å². The van der Waals surface area contributed by atoms with Crippen LogP contribution in [0.2, 0.25) is 0 Å². The Bertz CT molecular complexity index is 2240. The number of likely N-dealkylation sites (tertiary alicyclic amines) is 2. The van der Waals surface area contributed by atoms with Crippen molar-refractivity contribution in [1.82, 2.24) is 40.4 Å². The van der Waals surface area contributed by atoms with Gasteiger partial charge in [0.25, 0.3) is 0 Å². The normalized spacial score (nSPS) is 21.9. The molecule has 0 unspecified atom stereocenters. The van der Waals surface area contributed by atoms with E-state index in [2.05, 4.69) is 32.8 Å². The molecule has 2 saturated heterocycles. The fourth-order valence-corrected chi connectivity index (χ4v) is 8.23. The Morgan fingerprint density at radius 2 is 1.33 bits per heavy atom. The van der Waals surface area contributed by atoms with Crippen molar-refractivity contribution in [2.24, 2.45) is 0 Å². The Hall–Kier alpha value is -6.71. The maximum absolute atomic E-state index is 14.3. The zero-order valence-electron chi connectivity index (χ0n) is 34.1. The highest BCUT2D eigenvalue weighted by Gasteiger charge is 2.44. The average molecular weight is 819 g/mol. The molecule has 2 aromatic heterocycles. The fraction of sp³-hybridized carbons (Fsp3) is 0.386. The van der Waals surface area contributed by atoms with Gasteiger partial charge in [-0.2, -0.15) is 0 Å². The molecule has 16 nitrogen and oxygen atoms in total. The maximum atomic E-state index is 14.3. The topological polar surface area (TPSA) is 201 Å². The number of hydrogen-bond acceptors (Lipinski definition) is 10. The van der Waals surface area contributed by atoms with Crippen molar-refractivity contribution in [2.75, 3.05) is 27.3 Å². The Morgan fingerprint density at radius 1 is 0.783 bits per heavy atom. The van der Waals surface area contributed by atoms with Crippen molar-refractivity contribution in [2.45, 2.75) is 81.6 Å². The first-order valence-corrected chi connectivity index (χ1v) is 20.1. The van der Waals surface area contributed by atoms with Crippen LogP contribution in [0.15, 0.2) is 91.2 Å². The molecule has 2 aliphatic heterocycles. The van der Waals surface area contributed by atoms with Crippen LogP contribution in [-0.4, -0.2) is 99.1 Å². The molecule has 0 spiro atoms. The number of H-pyrrole nitrogens is 2. The number of benzene rings is 2. The number of nitrogens with one attached hydrogen (secondary N) is 4. The van der Waals surface area contributed by atoms with E-state index in [1.165, 1.54) is 14.2 Å². The second-order valence-corrected chi connectivity index (χ2v) is 15.2. The van der Waals surface area contributed by atoms with E-state index in [1.807, 2.05) is 72.8 Å². The number of allylic oxidation sites excluding steroid dienone is 4. The molecule has 3 aliphatic rings. The smallest absolute Gasteiger partial charge is 0.407 e. The molecule has 7 rings (SSSR count). The lowest BCUT2D eigenvalue weighted by molar-refractivity contribution is -0.134. The lowest BCUT2D eigenvalue weighted by Crippen LogP contribution is -2.46. The highest BCUT2D eigenvalue weighted by Crippen LogP contribution is 2.43. The number of methoxy groups -OCH3 is 2. The number of alkyl carbamates (subject to hydrolysis) is 2. The second-order valence-electron chi connectivity index (χ2n) is 15.2. The van der Waals surface area contributed by atoms with Crippen molar-refractivity contribution >= 4 is 30.0 Å². The van der Waals surface area contributed by atoms with E-state index in [0.717, 1.165) is 17.5 Å². The summed E-state index contributed by atoms with van der Waals surface area (Å²) in [4.78, 5) is 85.8. The Kier molecular flexibility index (Phi) is 12.5. The van der Waals surface area contributed by atoms with Gasteiger partial charge in [0.15, 0.2) is 5.69 Å². The third-order valence-electron chi connectivity index (χ3n) is 11.4. The molecule has 4 atom stereocenters. The molecule has 2 fully saturated rings. The summed E-state index contributed by atoms with van der Waals surface area (Å²) in [6.45, 7) is 4.10. The number of ether oxygens (including phenoxy) is 3. The van der Waals surface area contributed by atoms with Gasteiger partial charge in [0, 0.05) is 25.2 Å². The minimum Gasteiger partial charge on any atom is -0.456 e. The molecular weight excluding hydrogens is 769 g/mol. The van der Waals surface area contributed by atoms with Gasteiger partial charge in [-0.25, -0.2) is 24.4 Å². The van der Waals surface area contributed by atoms with E-state index in [0.29, 0.717) is 55.4 Å². The van der Waals surface area contributed by atoms with Crippen LogP contribution in [0, 0.1) is 0 Å². The third kappa shape index (κ3) is 8.53. The molecular formula is C44H50N8O8. The summed E-state index contributed by atoms with van der Waals surface area (Å²) in [6.07, 6.45) is 11.0. The molecule has 0 bridgehead atoms. The largest absolute Gasteiger partial charge is 0.456 e. The van der Waals surface area contributed by atoms with Crippen LogP contribution in [0.4, 0.5) is 9.59 Å². The Morgan fingerprint density at radius 3 is 1.90 bits per heavy atom. The lowest BCUT2D eigenvalue weighted by atomic mass is 9.74. The predicted octanol–water partition coefficient (Wildman–Crippen LogP) is 5.50. The quantitative estimate of drug-likeness (QED) is 0.0804. The van der Waals surface area contributed by atoms with E-state index in [1.54, 1.807) is 29.8 Å². The number of hydrogen-bond donors (Lipinski definition) is 4. The van der Waals surface area contributed by atoms with Crippen LogP contribution in [0.5, 0.6) is 0 Å². The van der Waals surface area contributed by atoms with Gasteiger partial charge in [0.2, 0.25) is 11.8 Å². The Labute approximate surface area is 347 Å². The van der Waals surface area contributed by atoms with E-state index < -0.39 is 47.7 Å². The SMILES string of the molecule is COC(=O)N[C@@H](C)C(=O)N1CCC[C@H]1c1ncc(C2(c3[nH]c([C@@H]4CCCN4C(=O)[C@H](C)NC(=O)OC)nc3C(=O)OCc3ccccc3)C=CC(c3ccccc3)C=C2)[nH]1. The summed E-state index contributed by atoms with van der Waals surface area (Å²) >= 11 is 0. The number of carbonyl (C=O) groups is 5. The molecule has 0 radical (unpaired) electrons. The zero-order valence-corrected chi connectivity index (χ0v) is 34.1. The number of aromatic nitrogens is 4. The first kappa shape index (κ1) is 41.4. The second kappa shape index (κ2) is 18.1. The number of nitrogens with zero attached hydrogens (tertiary/aromatic N) is 4. The van der Waals surface area contributed by atoms with Crippen LogP contribution in [0.3, 0.4) is 0 Å². The minimum atomic E-state index is -1.18. The highest BCUT2D eigenvalue weighted by molar-refractivity contribution is 5.90. The zero-order chi connectivity index (χ0) is 42.4. The molecule has 4 heterocycles. The summed E-state index contributed by atoms with van der Waals surface area (Å²) in [5.41, 5.74) is 1.72. The minimum absolute atomic E-state index is 0.00379. The van der Waals surface area contributed by atoms with E-state index in [4.69, 9.17) is 24.2 Å². The third-order valence-corrected chi connectivity index (χ3v) is 11.4. The van der Waals surface area contributed by atoms with Crippen molar-refractivity contribution in [1.29, 1.82) is 0 Å². The van der Waals surface area contributed by atoms with Crippen LogP contribution in [0.1, 0.15) is 102 Å². The highest BCUT2D eigenvalue weighted by atomic mass is 16.5. The molecule has 1 aliphatic carbocycles. The first-order valence-electron chi connectivity index (χ1n) is 20.1. The summed E-state index contributed by atoms with van der Waals surface area (Å²) in [7, 11) is 2.48. The van der Waals surface area contributed by atoms with Gasteiger partial charge in [-0.3, -0.25) is 9.59 Å². The van der Waals surface area contributed by atoms with E-state index >= 15 is 0 Å². The number of aromatic amines is 2. The molecule has 60 heavy (non-hydrogen) atoms. The molecule has 4 N–H and O–H groups in total. The van der Waals surface area contributed by atoms with Gasteiger partial charge in [0.1, 0.15) is 30.3 Å². The summed E-state index contributed by atoms with van der Waals surface area (Å²) < 4.78 is 15.4. The standard InChI is InChI=1S/C44H50N8O8/c1-27(46-42(56)58-3)39(53)51-23-11-17-32(51)37-45-25-34(48-37)44(21-19-31(20-22-44)30-15-9-6-10-16-30)36-35(41(55)60-26-29-13-7-5-8-14-29)49-38(50-36)33-18-12-24-52(33)40(54)28(2)47-43(57)59-4/h5-10,13-16,19-22,25,27-28,31-33H,11-12,17-18,23-24,26H2,1-4H3,(H,45,48)(H,46,56)(H,47,57)(H,49,50)/t27-,28-,31?,32-,33-,44?/m0/s1. The predicted molar refractivity (Wildman–Crippen MR) is 218 cm³/mol. The molecule has 314 valence electrons. The Balaban J connectivity index is 1.30. The molecule has 0 saturated carbocycles. The molecule has 4 aromatic rings. The maximum Gasteiger partial charge on any atom is 0.407 e. The number of carbonyl (C=O) groups excluding carboxylic acids is 5. The fourth-order valence-electron chi connectivity index (χ4n) is 8.23. The van der Waals surface area contributed by atoms with Gasteiger partial charge < -0.3 is 44.6 Å². The molecule has 16 heteroatoms. The van der Waals surface area contributed by atoms with Gasteiger partial charge in [0.05, 0.1) is 43.1 Å². The monoisotopic (exact) mass is 818 g/mol. The van der Waals surface area contributed by atoms with Crippen LogP contribution >= 0.6 is 0 Å².